The van der Waals surface area contributed by atoms with Crippen LogP contribution in [0.15, 0.2) is 51.8 Å². The standard InChI is InChI=1S/C24H25BrN2O4S/c1-14(2)17-6-8-18(9-7-17)26-22(28)13-27-23(29)21(32-24(27)30)12-16-5-10-20(19(25)11-16)31-15(3)4/h5-12,14-15H,13H2,1-4H3,(H,26,28)/b21-12-. The molecule has 1 aliphatic heterocycles. The van der Waals surface area contributed by atoms with Gasteiger partial charge in [-0.2, -0.15) is 0 Å². The average molecular weight is 517 g/mol. The number of nitrogens with zero attached hydrogens (tertiary/aromatic N) is 1. The molecule has 0 radical (unpaired) electrons. The highest BCUT2D eigenvalue weighted by molar-refractivity contribution is 9.10. The molecule has 3 rings (SSSR count). The lowest BCUT2D eigenvalue weighted by atomic mass is 10.0. The Balaban J connectivity index is 1.66. The summed E-state index contributed by atoms with van der Waals surface area (Å²) in [7, 11) is 0. The van der Waals surface area contributed by atoms with Crippen molar-refractivity contribution < 1.29 is 19.1 Å². The average Bonchev–Trinajstić information content (AvgIpc) is 2.97. The molecule has 3 amide bonds. The first-order chi connectivity index (χ1) is 15.1. The number of nitrogens with one attached hydrogen (secondary N) is 1. The monoisotopic (exact) mass is 516 g/mol. The van der Waals surface area contributed by atoms with Crippen LogP contribution in [0.2, 0.25) is 0 Å². The highest BCUT2D eigenvalue weighted by Gasteiger charge is 2.36. The number of anilines is 1. The number of ether oxygens (including phenoxy) is 1. The molecule has 1 saturated heterocycles. The first-order valence-electron chi connectivity index (χ1n) is 10.3. The lowest BCUT2D eigenvalue weighted by Gasteiger charge is -2.13. The molecule has 0 bridgehead atoms. The number of thioether (sulfide) groups is 1. The Labute approximate surface area is 200 Å². The van der Waals surface area contributed by atoms with Crippen LogP contribution in [0, 0.1) is 0 Å². The quantitative estimate of drug-likeness (QED) is 0.454. The van der Waals surface area contributed by atoms with Crippen LogP contribution < -0.4 is 10.1 Å². The third-order valence-electron chi connectivity index (χ3n) is 4.65. The molecule has 168 valence electrons. The van der Waals surface area contributed by atoms with Crippen LogP contribution in [-0.4, -0.2) is 34.6 Å². The minimum Gasteiger partial charge on any atom is -0.490 e. The summed E-state index contributed by atoms with van der Waals surface area (Å²) >= 11 is 4.29. The zero-order valence-corrected chi connectivity index (χ0v) is 20.7. The number of imide groups is 1. The first kappa shape index (κ1) is 24.1. The second-order valence-corrected chi connectivity index (χ2v) is 9.80. The Morgan fingerprint density at radius 3 is 2.41 bits per heavy atom. The zero-order valence-electron chi connectivity index (χ0n) is 18.3. The largest absolute Gasteiger partial charge is 0.490 e. The normalized spacial score (nSPS) is 15.2. The molecule has 0 unspecified atom stereocenters. The van der Waals surface area contributed by atoms with Gasteiger partial charge in [0.2, 0.25) is 5.91 Å². The first-order valence-corrected chi connectivity index (χ1v) is 11.9. The van der Waals surface area contributed by atoms with Crippen molar-refractivity contribution in [1.82, 2.24) is 4.90 Å². The third-order valence-corrected chi connectivity index (χ3v) is 6.18. The lowest BCUT2D eigenvalue weighted by Crippen LogP contribution is -2.36. The van der Waals surface area contributed by atoms with E-state index >= 15 is 0 Å². The Morgan fingerprint density at radius 1 is 1.12 bits per heavy atom. The van der Waals surface area contributed by atoms with Gasteiger partial charge in [0, 0.05) is 5.69 Å². The van der Waals surface area contributed by atoms with Crippen molar-refractivity contribution in [2.45, 2.75) is 39.7 Å². The van der Waals surface area contributed by atoms with E-state index in [1.807, 2.05) is 50.2 Å². The molecule has 0 aromatic heterocycles. The van der Waals surface area contributed by atoms with Crippen molar-refractivity contribution in [1.29, 1.82) is 0 Å². The van der Waals surface area contributed by atoms with Crippen LogP contribution in [0.25, 0.3) is 6.08 Å². The van der Waals surface area contributed by atoms with Gasteiger partial charge in [-0.3, -0.25) is 19.3 Å². The van der Waals surface area contributed by atoms with Gasteiger partial charge in [-0.15, -0.1) is 0 Å². The van der Waals surface area contributed by atoms with Gasteiger partial charge in [0.05, 0.1) is 15.5 Å². The van der Waals surface area contributed by atoms with Gasteiger partial charge in [0.25, 0.3) is 11.1 Å². The molecular weight excluding hydrogens is 492 g/mol. The molecule has 32 heavy (non-hydrogen) atoms. The van der Waals surface area contributed by atoms with E-state index in [9.17, 15) is 14.4 Å². The maximum atomic E-state index is 12.7. The van der Waals surface area contributed by atoms with Crippen LogP contribution in [-0.2, 0) is 9.59 Å². The number of carbonyl (C=O) groups is 3. The van der Waals surface area contributed by atoms with Crippen molar-refractivity contribution in [3.8, 4) is 5.75 Å². The summed E-state index contributed by atoms with van der Waals surface area (Å²) in [6.07, 6.45) is 1.67. The molecule has 1 aliphatic rings. The van der Waals surface area contributed by atoms with Crippen molar-refractivity contribution in [3.63, 3.8) is 0 Å². The summed E-state index contributed by atoms with van der Waals surface area (Å²) < 4.78 is 6.44. The van der Waals surface area contributed by atoms with Crippen LogP contribution in [0.5, 0.6) is 5.75 Å². The minimum absolute atomic E-state index is 0.0351. The van der Waals surface area contributed by atoms with Crippen LogP contribution in [0.3, 0.4) is 0 Å². The highest BCUT2D eigenvalue weighted by atomic mass is 79.9. The molecule has 1 fully saturated rings. The molecule has 0 atom stereocenters. The SMILES string of the molecule is CC(C)Oc1ccc(/C=C2\SC(=O)N(CC(=O)Nc3ccc(C(C)C)cc3)C2=O)cc1Br. The van der Waals surface area contributed by atoms with Gasteiger partial charge in [0.15, 0.2) is 0 Å². The maximum absolute atomic E-state index is 12.7. The number of hydrogen-bond acceptors (Lipinski definition) is 5. The van der Waals surface area contributed by atoms with E-state index in [0.29, 0.717) is 17.4 Å². The molecule has 1 heterocycles. The predicted molar refractivity (Wildman–Crippen MR) is 132 cm³/mol. The van der Waals surface area contributed by atoms with Gasteiger partial charge in [0.1, 0.15) is 12.3 Å². The maximum Gasteiger partial charge on any atom is 0.294 e. The minimum atomic E-state index is -0.482. The number of benzene rings is 2. The molecule has 0 saturated carbocycles. The van der Waals surface area contributed by atoms with Gasteiger partial charge in [-0.1, -0.05) is 32.0 Å². The van der Waals surface area contributed by atoms with Gasteiger partial charge in [-0.25, -0.2) is 0 Å². The number of rotatable bonds is 7. The zero-order chi connectivity index (χ0) is 23.4. The fourth-order valence-electron chi connectivity index (χ4n) is 3.04. The molecule has 2 aromatic carbocycles. The number of carbonyl (C=O) groups excluding carboxylic acids is 3. The summed E-state index contributed by atoms with van der Waals surface area (Å²) in [5, 5.41) is 2.27. The van der Waals surface area contributed by atoms with Crippen molar-refractivity contribution in [2.75, 3.05) is 11.9 Å². The van der Waals surface area contributed by atoms with Gasteiger partial charge in [-0.05, 0) is 88.9 Å². The number of amides is 3. The number of halogens is 1. The fraction of sp³-hybridized carbons (Fsp3) is 0.292. The van der Waals surface area contributed by atoms with Crippen molar-refractivity contribution in [2.24, 2.45) is 0 Å². The highest BCUT2D eigenvalue weighted by Crippen LogP contribution is 2.34. The van der Waals surface area contributed by atoms with Crippen molar-refractivity contribution >= 4 is 56.5 Å². The smallest absolute Gasteiger partial charge is 0.294 e. The predicted octanol–water partition coefficient (Wildman–Crippen LogP) is 6.03. The molecule has 2 aromatic rings. The summed E-state index contributed by atoms with van der Waals surface area (Å²) in [5.74, 6) is 0.178. The summed E-state index contributed by atoms with van der Waals surface area (Å²) in [6, 6.07) is 12.9. The van der Waals surface area contributed by atoms with Crippen molar-refractivity contribution in [3.05, 3.63) is 63.0 Å². The van der Waals surface area contributed by atoms with Gasteiger partial charge < -0.3 is 10.1 Å². The topological polar surface area (TPSA) is 75.7 Å². The molecular formula is C24H25BrN2O4S. The Kier molecular flexibility index (Phi) is 7.79. The van der Waals surface area contributed by atoms with Crippen LogP contribution in [0.1, 0.15) is 44.7 Å². The fourth-order valence-corrected chi connectivity index (χ4v) is 4.37. The third kappa shape index (κ3) is 6.01. The summed E-state index contributed by atoms with van der Waals surface area (Å²) in [6.45, 7) is 7.72. The molecule has 1 N–H and O–H groups in total. The van der Waals surface area contributed by atoms with E-state index < -0.39 is 17.1 Å². The number of hydrogen-bond donors (Lipinski definition) is 1. The van der Waals surface area contributed by atoms with E-state index in [1.165, 1.54) is 0 Å². The second-order valence-electron chi connectivity index (χ2n) is 7.95. The van der Waals surface area contributed by atoms with E-state index in [-0.39, 0.29) is 17.6 Å². The Bertz CT molecular complexity index is 1060. The Hall–Kier alpha value is -2.58. The molecule has 6 nitrogen and oxygen atoms in total. The second kappa shape index (κ2) is 10.4. The van der Waals surface area contributed by atoms with E-state index in [4.69, 9.17) is 4.74 Å². The lowest BCUT2D eigenvalue weighted by molar-refractivity contribution is -0.127. The molecule has 0 spiro atoms. The summed E-state index contributed by atoms with van der Waals surface area (Å²) in [4.78, 5) is 38.7. The van der Waals surface area contributed by atoms with E-state index in [1.54, 1.807) is 12.1 Å². The van der Waals surface area contributed by atoms with Gasteiger partial charge >= 0.3 is 0 Å². The van der Waals surface area contributed by atoms with Crippen LogP contribution in [0.4, 0.5) is 10.5 Å². The van der Waals surface area contributed by atoms with E-state index in [0.717, 1.165) is 32.3 Å². The van der Waals surface area contributed by atoms with Crippen LogP contribution >= 0.6 is 27.7 Å². The summed E-state index contributed by atoms with van der Waals surface area (Å²) in [5.41, 5.74) is 2.53. The van der Waals surface area contributed by atoms with E-state index in [2.05, 4.69) is 35.1 Å². The Morgan fingerprint density at radius 2 is 1.81 bits per heavy atom. The molecule has 0 aliphatic carbocycles. The molecule has 8 heteroatoms.